The van der Waals surface area contributed by atoms with Crippen LogP contribution in [0.15, 0.2) is 5.38 Å². The molecule has 0 aliphatic rings. The molecule has 18 heavy (non-hydrogen) atoms. The Kier molecular flexibility index (Phi) is 6.14. The van der Waals surface area contributed by atoms with Gasteiger partial charge in [-0.05, 0) is 19.1 Å². The normalized spacial score (nSPS) is 12.1. The molecule has 0 aliphatic heterocycles. The molecule has 1 aromatic heterocycles. The van der Waals surface area contributed by atoms with Crippen LogP contribution >= 0.6 is 23.1 Å². The molecule has 0 bridgehead atoms. The number of carboxylic acids is 1. The van der Waals surface area contributed by atoms with Crippen molar-refractivity contribution in [1.29, 1.82) is 0 Å². The molecule has 1 aromatic rings. The molecule has 1 amide bonds. The Morgan fingerprint density at radius 3 is 2.83 bits per heavy atom. The zero-order valence-corrected chi connectivity index (χ0v) is 11.9. The van der Waals surface area contributed by atoms with Crippen molar-refractivity contribution in [3.8, 4) is 0 Å². The molecule has 100 valence electrons. The van der Waals surface area contributed by atoms with Gasteiger partial charge in [-0.1, -0.05) is 0 Å². The first-order valence-electron chi connectivity index (χ1n) is 5.47. The van der Waals surface area contributed by atoms with Crippen LogP contribution in [0.3, 0.4) is 0 Å². The van der Waals surface area contributed by atoms with E-state index in [0.717, 1.165) is 16.5 Å². The first kappa shape index (κ1) is 15.0. The lowest BCUT2D eigenvalue weighted by molar-refractivity contribution is -0.141. The molecule has 1 rings (SSSR count). The summed E-state index contributed by atoms with van der Waals surface area (Å²) in [5.41, 5.74) is 1.02. The molecule has 0 spiro atoms. The Labute approximate surface area is 114 Å². The van der Waals surface area contributed by atoms with Crippen molar-refractivity contribution < 1.29 is 14.7 Å². The summed E-state index contributed by atoms with van der Waals surface area (Å²) in [4.78, 5) is 26.0. The summed E-state index contributed by atoms with van der Waals surface area (Å²) in [6.07, 6.45) is 0.419. The van der Waals surface area contributed by atoms with Crippen molar-refractivity contribution >= 4 is 35.0 Å². The van der Waals surface area contributed by atoms with Gasteiger partial charge >= 0.3 is 5.97 Å². The zero-order chi connectivity index (χ0) is 13.5. The molecular formula is C11H16N2O3S2. The summed E-state index contributed by atoms with van der Waals surface area (Å²) in [6.45, 7) is 3.28. The highest BCUT2D eigenvalue weighted by Crippen LogP contribution is 2.16. The van der Waals surface area contributed by atoms with E-state index < -0.39 is 12.0 Å². The quantitative estimate of drug-likeness (QED) is 0.746. The Balaban J connectivity index is 2.26. The summed E-state index contributed by atoms with van der Waals surface area (Å²) in [6, 6.07) is -0.799. The number of carbonyl (C=O) groups excluding carboxylic acids is 1. The highest BCUT2D eigenvalue weighted by atomic mass is 32.2. The maximum Gasteiger partial charge on any atom is 0.326 e. The third kappa shape index (κ3) is 5.50. The van der Waals surface area contributed by atoms with Crippen molar-refractivity contribution in [2.75, 3.05) is 5.75 Å². The van der Waals surface area contributed by atoms with Gasteiger partial charge in [-0.2, -0.15) is 11.8 Å². The average Bonchev–Trinajstić information content (AvgIpc) is 2.68. The van der Waals surface area contributed by atoms with Crippen LogP contribution in [-0.2, 0) is 15.3 Å². The Morgan fingerprint density at radius 2 is 2.33 bits per heavy atom. The molecule has 0 radical (unpaired) electrons. The minimum Gasteiger partial charge on any atom is -0.480 e. The van der Waals surface area contributed by atoms with Gasteiger partial charge in [0, 0.05) is 18.1 Å². The van der Waals surface area contributed by atoms with Crippen LogP contribution in [0.2, 0.25) is 0 Å². The van der Waals surface area contributed by atoms with E-state index in [0.29, 0.717) is 12.2 Å². The number of aryl methyl sites for hydroxylation is 1. The molecule has 2 N–H and O–H groups in total. The lowest BCUT2D eigenvalue weighted by Crippen LogP contribution is -2.39. The number of thiazole rings is 1. The molecule has 0 aromatic carbocycles. The summed E-state index contributed by atoms with van der Waals surface area (Å²) in [5, 5.41) is 14.4. The van der Waals surface area contributed by atoms with Crippen molar-refractivity contribution in [3.63, 3.8) is 0 Å². The van der Waals surface area contributed by atoms with Crippen LogP contribution in [0.4, 0.5) is 0 Å². The van der Waals surface area contributed by atoms with Crippen LogP contribution in [0, 0.1) is 6.92 Å². The van der Waals surface area contributed by atoms with Gasteiger partial charge < -0.3 is 10.4 Å². The Hall–Kier alpha value is -1.08. The van der Waals surface area contributed by atoms with E-state index >= 15 is 0 Å². The van der Waals surface area contributed by atoms with E-state index in [4.69, 9.17) is 5.11 Å². The van der Waals surface area contributed by atoms with Crippen LogP contribution in [0.1, 0.15) is 24.0 Å². The molecule has 0 fully saturated rings. The monoisotopic (exact) mass is 288 g/mol. The number of hydrogen-bond donors (Lipinski definition) is 2. The minimum atomic E-state index is -0.990. The van der Waals surface area contributed by atoms with Crippen molar-refractivity contribution in [3.05, 3.63) is 16.1 Å². The van der Waals surface area contributed by atoms with Gasteiger partial charge in [0.05, 0.1) is 10.7 Å². The molecule has 1 atom stereocenters. The van der Waals surface area contributed by atoms with Crippen LogP contribution in [0.5, 0.6) is 0 Å². The predicted molar refractivity (Wildman–Crippen MR) is 72.9 cm³/mol. The second-order valence-electron chi connectivity index (χ2n) is 3.79. The number of nitrogens with zero attached hydrogens (tertiary/aromatic N) is 1. The van der Waals surface area contributed by atoms with Crippen molar-refractivity contribution in [2.24, 2.45) is 0 Å². The number of nitrogens with one attached hydrogen (secondary N) is 1. The fourth-order valence-corrected chi connectivity index (χ4v) is 2.98. The third-order valence-electron chi connectivity index (χ3n) is 2.14. The second-order valence-corrected chi connectivity index (χ2v) is 5.96. The van der Waals surface area contributed by atoms with Crippen LogP contribution in [0.25, 0.3) is 0 Å². The largest absolute Gasteiger partial charge is 0.480 e. The molecule has 1 unspecified atom stereocenters. The number of carboxylic acid groups (broad SMARTS) is 1. The summed E-state index contributed by atoms with van der Waals surface area (Å²) in [5.74, 6) is 0.141. The molecule has 1 heterocycles. The van der Waals surface area contributed by atoms with Gasteiger partial charge in [-0.3, -0.25) is 4.79 Å². The number of hydrogen-bond acceptors (Lipinski definition) is 5. The fraction of sp³-hybridized carbons (Fsp3) is 0.545. The van der Waals surface area contributed by atoms with Gasteiger partial charge in [0.25, 0.3) is 0 Å². The van der Waals surface area contributed by atoms with E-state index in [1.807, 2.05) is 12.3 Å². The van der Waals surface area contributed by atoms with Crippen LogP contribution < -0.4 is 5.32 Å². The van der Waals surface area contributed by atoms with E-state index in [1.54, 1.807) is 23.1 Å². The summed E-state index contributed by atoms with van der Waals surface area (Å²) in [7, 11) is 0. The third-order valence-corrected chi connectivity index (χ3v) is 3.99. The zero-order valence-electron chi connectivity index (χ0n) is 10.3. The Bertz CT molecular complexity index is 420. The smallest absolute Gasteiger partial charge is 0.326 e. The summed E-state index contributed by atoms with van der Waals surface area (Å²) >= 11 is 3.23. The van der Waals surface area contributed by atoms with Gasteiger partial charge in [-0.15, -0.1) is 11.3 Å². The first-order chi connectivity index (χ1) is 8.49. The number of thioether (sulfide) groups is 1. The number of aromatic nitrogens is 1. The molecule has 5 nitrogen and oxygen atoms in total. The number of aliphatic carboxylic acids is 1. The van der Waals surface area contributed by atoms with Crippen molar-refractivity contribution in [2.45, 2.75) is 32.1 Å². The summed E-state index contributed by atoms with van der Waals surface area (Å²) < 4.78 is 0. The first-order valence-corrected chi connectivity index (χ1v) is 7.51. The van der Waals surface area contributed by atoms with Gasteiger partial charge in [0.1, 0.15) is 6.04 Å². The van der Waals surface area contributed by atoms with Crippen LogP contribution in [-0.4, -0.2) is 33.8 Å². The molecule has 0 saturated carbocycles. The molecule has 0 aliphatic carbocycles. The van der Waals surface area contributed by atoms with Gasteiger partial charge in [0.2, 0.25) is 5.91 Å². The van der Waals surface area contributed by atoms with E-state index in [9.17, 15) is 9.59 Å². The standard InChI is InChI=1S/C11H16N2O3S2/c1-7(14)12-10(11(15)16)3-4-17-5-9-6-18-8(2)13-9/h6,10H,3-5H2,1-2H3,(H,12,14)(H,15,16). The number of carbonyl (C=O) groups is 2. The molecular weight excluding hydrogens is 272 g/mol. The maximum atomic E-state index is 10.9. The lowest BCUT2D eigenvalue weighted by Gasteiger charge is -2.12. The fourth-order valence-electron chi connectivity index (χ4n) is 1.36. The van der Waals surface area contributed by atoms with E-state index in [2.05, 4.69) is 10.3 Å². The van der Waals surface area contributed by atoms with Crippen molar-refractivity contribution in [1.82, 2.24) is 10.3 Å². The SMILES string of the molecule is CC(=O)NC(CCSCc1csc(C)n1)C(=O)O. The van der Waals surface area contributed by atoms with E-state index in [1.165, 1.54) is 6.92 Å². The Morgan fingerprint density at radius 1 is 1.61 bits per heavy atom. The predicted octanol–water partition coefficient (Wildman–Crippen LogP) is 1.66. The highest BCUT2D eigenvalue weighted by Gasteiger charge is 2.17. The molecule has 7 heteroatoms. The average molecular weight is 288 g/mol. The van der Waals surface area contributed by atoms with Gasteiger partial charge in [-0.25, -0.2) is 9.78 Å². The van der Waals surface area contributed by atoms with Gasteiger partial charge in [0.15, 0.2) is 0 Å². The number of amides is 1. The number of rotatable bonds is 7. The maximum absolute atomic E-state index is 10.9. The molecule has 0 saturated heterocycles. The highest BCUT2D eigenvalue weighted by molar-refractivity contribution is 7.98. The second kappa shape index (κ2) is 7.38. The topological polar surface area (TPSA) is 79.3 Å². The minimum absolute atomic E-state index is 0.317. The van der Waals surface area contributed by atoms with E-state index in [-0.39, 0.29) is 5.91 Å². The lowest BCUT2D eigenvalue weighted by atomic mass is 10.2.